The van der Waals surface area contributed by atoms with Crippen LogP contribution >= 0.6 is 0 Å². The van der Waals surface area contributed by atoms with Gasteiger partial charge in [-0.25, -0.2) is 9.59 Å². The fraction of sp³-hybridized carbons (Fsp3) is 0.785. The lowest BCUT2D eigenvalue weighted by Gasteiger charge is -2.26. The summed E-state index contributed by atoms with van der Waals surface area (Å²) in [6.45, 7) is 19.6. The molecule has 8 N–H and O–H groups in total. The molecule has 0 atom stereocenters. The Morgan fingerprint density at radius 3 is 0.692 bits per heavy atom. The summed E-state index contributed by atoms with van der Waals surface area (Å²) < 4.78 is 0. The number of nitrogens with one attached hydrogen (secondary N) is 4. The van der Waals surface area contributed by atoms with Crippen LogP contribution < -0.4 is 32.7 Å². The molecule has 107 heavy (non-hydrogen) atoms. The molecule has 0 unspecified atom stereocenters. The Morgan fingerprint density at radius 1 is 0.234 bits per heavy atom. The zero-order valence-corrected chi connectivity index (χ0v) is 70.6. The molecule has 0 aromatic heterocycles. The summed E-state index contributed by atoms with van der Waals surface area (Å²) in [4.78, 5) is 62.5. The highest BCUT2D eigenvalue weighted by atomic mass is 16.2. The largest absolute Gasteiger partial charge is 0.341 e. The van der Waals surface area contributed by atoms with Gasteiger partial charge in [-0.15, -0.1) is 0 Å². The van der Waals surface area contributed by atoms with E-state index in [1.54, 1.807) is 0 Å². The van der Waals surface area contributed by atoms with Gasteiger partial charge in [0.15, 0.2) is 0 Å². The van der Waals surface area contributed by atoms with E-state index in [4.69, 9.17) is 11.5 Å². The van der Waals surface area contributed by atoms with Gasteiger partial charge in [0.1, 0.15) is 0 Å². The maximum absolute atomic E-state index is 13.7. The Kier molecular flexibility index (Phi) is 83.0. The topological polar surface area (TPSA) is 181 Å². The van der Waals surface area contributed by atoms with Gasteiger partial charge in [-0.3, -0.25) is 9.59 Å². The molecule has 0 spiro atoms. The molecule has 0 saturated heterocycles. The lowest BCUT2D eigenvalue weighted by molar-refractivity contribution is -0.131. The summed E-state index contributed by atoms with van der Waals surface area (Å²) in [5.41, 5.74) is 12.0. The van der Waals surface area contributed by atoms with Gasteiger partial charge in [0.25, 0.3) is 0 Å². The second kappa shape index (κ2) is 86.8. The van der Waals surface area contributed by atoms with E-state index in [2.05, 4.69) is 156 Å². The van der Waals surface area contributed by atoms with Gasteiger partial charge in [-0.2, -0.15) is 0 Å². The third-order valence-electron chi connectivity index (χ3n) is 20.2. The standard InChI is InChI=1S/C93H174N10O4/c1-5-9-13-17-21-25-29-33-37-41-45-49-53-57-61-65-84-102(85-66-62-58-54-50-46-42-38-34-30-26-22-18-14-10-6-2)90(104)88-98-92(106)96-76-71-80-100(78-69-74-94)82-73-83-101(79-70-75-95)81-72-77-97-93(107)99-89-91(105)103(86-67-63-59-55-51-47-43-39-35-31-27-23-19-15-11-7-3)87-68-64-60-56-52-48-44-40-36-32-28-24-20-16-12-8-4/h21-28,33-40H,5-20,29-32,41-89,94-95H2,1-4H3,(H2,96,98,106)(H2,97,99,107). The Labute approximate surface area is 661 Å². The fourth-order valence-corrected chi connectivity index (χ4v) is 13.4. The lowest BCUT2D eigenvalue weighted by atomic mass is 10.1. The first kappa shape index (κ1) is 102. The van der Waals surface area contributed by atoms with Crippen LogP contribution in [0.25, 0.3) is 0 Å². The highest BCUT2D eigenvalue weighted by Crippen LogP contribution is 2.16. The van der Waals surface area contributed by atoms with E-state index < -0.39 is 0 Å². The average molecular weight is 1500 g/mol. The SMILES string of the molecule is CCCCCC=CCC=CCCCCCCCCN(CCCCCCCCC=CCC=CCCCCC)C(=O)CNC(=O)NCCCN(CCCN)CCCN(CCCN)CCCNC(=O)NCC(=O)N(CCCCCCCCC=CCC=CCCCCC)CCCCCCCCC=CCC=CCCCCC. The van der Waals surface area contributed by atoms with Crippen molar-refractivity contribution in [3.05, 3.63) is 97.2 Å². The molecule has 620 valence electrons. The Morgan fingerprint density at radius 2 is 0.449 bits per heavy atom. The van der Waals surface area contributed by atoms with Crippen molar-refractivity contribution in [1.29, 1.82) is 0 Å². The highest BCUT2D eigenvalue weighted by Gasteiger charge is 2.17. The van der Waals surface area contributed by atoms with Gasteiger partial charge < -0.3 is 52.3 Å². The maximum Gasteiger partial charge on any atom is 0.315 e. The maximum atomic E-state index is 13.7. The molecule has 0 saturated carbocycles. The van der Waals surface area contributed by atoms with E-state index in [0.29, 0.717) is 26.2 Å². The van der Waals surface area contributed by atoms with Crippen LogP contribution in [0.5, 0.6) is 0 Å². The third-order valence-corrected chi connectivity index (χ3v) is 20.2. The van der Waals surface area contributed by atoms with Crippen molar-refractivity contribution in [2.24, 2.45) is 11.5 Å². The lowest BCUT2D eigenvalue weighted by Crippen LogP contribution is -2.45. The van der Waals surface area contributed by atoms with E-state index in [0.717, 1.165) is 200 Å². The molecule has 0 fully saturated rings. The van der Waals surface area contributed by atoms with Gasteiger partial charge in [0.2, 0.25) is 11.8 Å². The zero-order chi connectivity index (χ0) is 77.6. The van der Waals surface area contributed by atoms with Gasteiger partial charge in [-0.05, 0) is 239 Å². The number of unbranched alkanes of at least 4 members (excludes halogenated alkanes) is 36. The van der Waals surface area contributed by atoms with Crippen LogP contribution in [-0.2, 0) is 9.59 Å². The normalized spacial score (nSPS) is 12.2. The summed E-state index contributed by atoms with van der Waals surface area (Å²) in [6.07, 6.45) is 98.7. The predicted octanol–water partition coefficient (Wildman–Crippen LogP) is 23.0. The zero-order valence-electron chi connectivity index (χ0n) is 70.6. The first-order valence-corrected chi connectivity index (χ1v) is 45.4. The molecule has 14 heteroatoms. The molecule has 0 aliphatic rings. The van der Waals surface area contributed by atoms with Crippen molar-refractivity contribution in [3.63, 3.8) is 0 Å². The van der Waals surface area contributed by atoms with E-state index in [-0.39, 0.29) is 37.0 Å². The quantitative estimate of drug-likeness (QED) is 0.0257. The number of allylic oxidation sites excluding steroid dienone is 16. The van der Waals surface area contributed by atoms with Crippen LogP contribution in [0.15, 0.2) is 97.2 Å². The fourth-order valence-electron chi connectivity index (χ4n) is 13.4. The van der Waals surface area contributed by atoms with Crippen molar-refractivity contribution in [2.45, 2.75) is 368 Å². The van der Waals surface area contributed by atoms with E-state index in [1.165, 1.54) is 205 Å². The number of rotatable bonds is 82. The van der Waals surface area contributed by atoms with Gasteiger partial charge in [0, 0.05) is 39.3 Å². The van der Waals surface area contributed by atoms with Gasteiger partial charge >= 0.3 is 12.1 Å². The van der Waals surface area contributed by atoms with Crippen molar-refractivity contribution in [2.75, 3.05) is 105 Å². The minimum absolute atomic E-state index is 0.00710. The monoisotopic (exact) mass is 1500 g/mol. The van der Waals surface area contributed by atoms with Crippen molar-refractivity contribution in [3.8, 4) is 0 Å². The number of amides is 6. The molecule has 0 bridgehead atoms. The Hall–Kier alpha value is -4.76. The first-order chi connectivity index (χ1) is 52.8. The number of nitrogens with two attached hydrogens (primary N) is 2. The third kappa shape index (κ3) is 77.8. The summed E-state index contributed by atoms with van der Waals surface area (Å²) in [5.74, 6) is 0.0142. The van der Waals surface area contributed by atoms with Crippen LogP contribution in [-0.4, -0.2) is 148 Å². The smallest absolute Gasteiger partial charge is 0.315 e. The van der Waals surface area contributed by atoms with Gasteiger partial charge in [-0.1, -0.05) is 279 Å². The van der Waals surface area contributed by atoms with Crippen molar-refractivity contribution in [1.82, 2.24) is 40.9 Å². The molecule has 0 aliphatic carbocycles. The molecular formula is C93H174N10O4. The summed E-state index contributed by atoms with van der Waals surface area (Å²) in [6, 6.07) is -0.585. The first-order valence-electron chi connectivity index (χ1n) is 45.4. The molecule has 14 nitrogen and oxygen atoms in total. The molecule has 0 heterocycles. The van der Waals surface area contributed by atoms with Crippen LogP contribution in [0.1, 0.15) is 368 Å². The van der Waals surface area contributed by atoms with E-state index in [9.17, 15) is 19.2 Å². The minimum Gasteiger partial charge on any atom is -0.341 e. The number of nitrogens with zero attached hydrogens (tertiary/aromatic N) is 4. The summed E-state index contributed by atoms with van der Waals surface area (Å²) in [7, 11) is 0. The average Bonchev–Trinajstić information content (AvgIpc) is 1.16. The number of carbonyl (C=O) groups is 4. The molecular weight excluding hydrogens is 1320 g/mol. The number of urea groups is 2. The van der Waals surface area contributed by atoms with Crippen molar-refractivity contribution >= 4 is 23.9 Å². The van der Waals surface area contributed by atoms with Gasteiger partial charge in [0.05, 0.1) is 13.1 Å². The summed E-state index contributed by atoms with van der Waals surface area (Å²) >= 11 is 0. The number of hydrogen-bond acceptors (Lipinski definition) is 8. The number of hydrogen-bond donors (Lipinski definition) is 6. The molecule has 6 amide bonds. The van der Waals surface area contributed by atoms with Crippen LogP contribution in [0.4, 0.5) is 9.59 Å². The molecule has 0 radical (unpaired) electrons. The molecule has 0 rings (SSSR count). The number of carbonyl (C=O) groups excluding carboxylic acids is 4. The molecule has 0 aromatic carbocycles. The van der Waals surface area contributed by atoms with E-state index in [1.807, 2.05) is 9.80 Å². The Balaban J connectivity index is 5.12. The van der Waals surface area contributed by atoms with E-state index >= 15 is 0 Å². The van der Waals surface area contributed by atoms with Crippen LogP contribution in [0.2, 0.25) is 0 Å². The second-order valence-corrected chi connectivity index (χ2v) is 30.3. The van der Waals surface area contributed by atoms with Crippen LogP contribution in [0, 0.1) is 0 Å². The molecule has 0 aromatic rings. The summed E-state index contributed by atoms with van der Waals surface area (Å²) in [5, 5.41) is 11.8. The molecule has 0 aliphatic heterocycles. The minimum atomic E-state index is -0.293. The second-order valence-electron chi connectivity index (χ2n) is 30.3. The Bertz CT molecular complexity index is 1930. The van der Waals surface area contributed by atoms with Crippen LogP contribution in [0.3, 0.4) is 0 Å². The van der Waals surface area contributed by atoms with Crippen molar-refractivity contribution < 1.29 is 19.2 Å². The predicted molar refractivity (Wildman–Crippen MR) is 467 cm³/mol. The highest BCUT2D eigenvalue weighted by molar-refractivity contribution is 5.84.